The number of benzene rings is 1. The van der Waals surface area contributed by atoms with Gasteiger partial charge in [0.15, 0.2) is 11.5 Å². The number of esters is 1. The molecule has 1 heterocycles. The first-order chi connectivity index (χ1) is 9.49. The minimum absolute atomic E-state index is 0.0258. The zero-order chi connectivity index (χ0) is 14.9. The molecule has 0 aliphatic rings. The summed E-state index contributed by atoms with van der Waals surface area (Å²) in [5, 5.41) is 18.1. The number of ether oxygens (including phenoxy) is 1. The SMILES string of the molecule is COC(=O)c1c(N)c(C#N)cn1-c1ccc(O)cc1F. The van der Waals surface area contributed by atoms with Crippen molar-refractivity contribution in [2.24, 2.45) is 0 Å². The first-order valence-corrected chi connectivity index (χ1v) is 5.47. The minimum Gasteiger partial charge on any atom is -0.508 e. The lowest BCUT2D eigenvalue weighted by atomic mass is 10.2. The molecule has 20 heavy (non-hydrogen) atoms. The predicted octanol–water partition coefficient (Wildman–Crippen LogP) is 1.56. The molecule has 0 bridgehead atoms. The van der Waals surface area contributed by atoms with Gasteiger partial charge in [0, 0.05) is 12.3 Å². The Hall–Kier alpha value is -3.01. The average molecular weight is 275 g/mol. The summed E-state index contributed by atoms with van der Waals surface area (Å²) in [6, 6.07) is 5.21. The van der Waals surface area contributed by atoms with Crippen molar-refractivity contribution >= 4 is 11.7 Å². The number of halogens is 1. The summed E-state index contributed by atoms with van der Waals surface area (Å²) in [6.07, 6.45) is 1.23. The standard InChI is InChI=1S/C13H10FN3O3/c1-20-13(19)12-11(16)7(5-15)6-17(12)10-3-2-8(18)4-9(10)14/h2-4,6,18H,16H2,1H3. The van der Waals surface area contributed by atoms with Crippen molar-refractivity contribution in [3.63, 3.8) is 0 Å². The number of carbonyl (C=O) groups is 1. The van der Waals surface area contributed by atoms with Gasteiger partial charge in [0.2, 0.25) is 0 Å². The van der Waals surface area contributed by atoms with Gasteiger partial charge in [-0.3, -0.25) is 0 Å². The van der Waals surface area contributed by atoms with Crippen LogP contribution in [-0.2, 0) is 4.74 Å². The highest BCUT2D eigenvalue weighted by Crippen LogP contribution is 2.27. The Morgan fingerprint density at radius 3 is 2.80 bits per heavy atom. The number of rotatable bonds is 2. The minimum atomic E-state index is -0.795. The van der Waals surface area contributed by atoms with Gasteiger partial charge >= 0.3 is 5.97 Å². The van der Waals surface area contributed by atoms with E-state index in [0.29, 0.717) is 0 Å². The molecule has 102 valence electrons. The van der Waals surface area contributed by atoms with Gasteiger partial charge in [-0.2, -0.15) is 5.26 Å². The fourth-order valence-electron chi connectivity index (χ4n) is 1.80. The maximum absolute atomic E-state index is 13.9. The molecule has 0 atom stereocenters. The van der Waals surface area contributed by atoms with Gasteiger partial charge < -0.3 is 20.1 Å². The van der Waals surface area contributed by atoms with Crippen molar-refractivity contribution in [1.82, 2.24) is 4.57 Å². The maximum Gasteiger partial charge on any atom is 0.357 e. The van der Waals surface area contributed by atoms with Crippen LogP contribution in [0.1, 0.15) is 16.1 Å². The molecule has 6 nitrogen and oxygen atoms in total. The van der Waals surface area contributed by atoms with E-state index in [0.717, 1.165) is 17.7 Å². The number of aromatic hydroxyl groups is 1. The molecule has 0 saturated carbocycles. The van der Waals surface area contributed by atoms with Crippen LogP contribution >= 0.6 is 0 Å². The van der Waals surface area contributed by atoms with Crippen molar-refractivity contribution in [3.05, 3.63) is 41.5 Å². The first-order valence-electron chi connectivity index (χ1n) is 5.47. The summed E-state index contributed by atoms with van der Waals surface area (Å²) >= 11 is 0. The Kier molecular flexibility index (Phi) is 3.31. The van der Waals surface area contributed by atoms with Crippen LogP contribution < -0.4 is 5.73 Å². The molecule has 0 radical (unpaired) electrons. The summed E-state index contributed by atoms with van der Waals surface area (Å²) in [5.41, 5.74) is 5.45. The number of nitrogen functional groups attached to an aromatic ring is 1. The predicted molar refractivity (Wildman–Crippen MR) is 67.9 cm³/mol. The second-order valence-corrected chi connectivity index (χ2v) is 3.91. The molecule has 0 aliphatic heterocycles. The largest absolute Gasteiger partial charge is 0.508 e. The first kappa shape index (κ1) is 13.4. The summed E-state index contributed by atoms with van der Waals surface area (Å²) in [7, 11) is 1.15. The number of phenolic OH excluding ortho intramolecular Hbond substituents is 1. The maximum atomic E-state index is 13.9. The van der Waals surface area contributed by atoms with E-state index in [9.17, 15) is 14.3 Å². The zero-order valence-corrected chi connectivity index (χ0v) is 10.4. The number of nitriles is 1. The number of methoxy groups -OCH3 is 1. The molecule has 2 rings (SSSR count). The van der Waals surface area contributed by atoms with E-state index in [1.54, 1.807) is 0 Å². The quantitative estimate of drug-likeness (QED) is 0.810. The van der Waals surface area contributed by atoms with E-state index in [4.69, 9.17) is 11.0 Å². The number of nitrogens with zero attached hydrogens (tertiary/aromatic N) is 2. The smallest absolute Gasteiger partial charge is 0.357 e. The number of anilines is 1. The number of nitrogens with two attached hydrogens (primary N) is 1. The monoisotopic (exact) mass is 275 g/mol. The summed E-state index contributed by atoms with van der Waals surface area (Å²) < 4.78 is 19.6. The van der Waals surface area contributed by atoms with Gasteiger partial charge in [0.1, 0.15) is 11.8 Å². The Balaban J connectivity index is 2.74. The van der Waals surface area contributed by atoms with E-state index >= 15 is 0 Å². The van der Waals surface area contributed by atoms with Crippen LogP contribution in [0.15, 0.2) is 24.4 Å². The molecule has 0 saturated heterocycles. The molecule has 0 spiro atoms. The summed E-state index contributed by atoms with van der Waals surface area (Å²) in [4.78, 5) is 11.7. The topological polar surface area (TPSA) is 101 Å². The van der Waals surface area contributed by atoms with Crippen LogP contribution in [-0.4, -0.2) is 22.8 Å². The second-order valence-electron chi connectivity index (χ2n) is 3.91. The van der Waals surface area contributed by atoms with Crippen LogP contribution in [0.2, 0.25) is 0 Å². The van der Waals surface area contributed by atoms with Gasteiger partial charge in [-0.05, 0) is 12.1 Å². The Morgan fingerprint density at radius 2 is 2.25 bits per heavy atom. The fourth-order valence-corrected chi connectivity index (χ4v) is 1.80. The number of hydrogen-bond acceptors (Lipinski definition) is 5. The Bertz CT molecular complexity index is 731. The molecule has 2 aromatic rings. The van der Waals surface area contributed by atoms with E-state index in [1.165, 1.54) is 18.3 Å². The number of hydrogen-bond donors (Lipinski definition) is 2. The second kappa shape index (κ2) is 4.93. The van der Waals surface area contributed by atoms with Gasteiger partial charge in [0.05, 0.1) is 24.0 Å². The Morgan fingerprint density at radius 1 is 1.55 bits per heavy atom. The third-order valence-corrected chi connectivity index (χ3v) is 2.73. The third-order valence-electron chi connectivity index (χ3n) is 2.73. The highest BCUT2D eigenvalue weighted by atomic mass is 19.1. The lowest BCUT2D eigenvalue weighted by Crippen LogP contribution is -2.11. The molecule has 0 unspecified atom stereocenters. The van der Waals surface area contributed by atoms with Gasteiger partial charge in [-0.15, -0.1) is 0 Å². The number of carbonyl (C=O) groups excluding carboxylic acids is 1. The van der Waals surface area contributed by atoms with Crippen molar-refractivity contribution < 1.29 is 19.0 Å². The fraction of sp³-hybridized carbons (Fsp3) is 0.0769. The Labute approximate surface area is 113 Å². The molecule has 0 fully saturated rings. The van der Waals surface area contributed by atoms with Gasteiger partial charge in [-0.25, -0.2) is 9.18 Å². The van der Waals surface area contributed by atoms with E-state index in [1.807, 2.05) is 6.07 Å². The molecule has 3 N–H and O–H groups in total. The molecular formula is C13H10FN3O3. The lowest BCUT2D eigenvalue weighted by molar-refractivity contribution is 0.0593. The van der Waals surface area contributed by atoms with Crippen molar-refractivity contribution in [1.29, 1.82) is 5.26 Å². The highest BCUT2D eigenvalue weighted by molar-refractivity contribution is 5.95. The van der Waals surface area contributed by atoms with Crippen molar-refractivity contribution in [2.45, 2.75) is 0 Å². The van der Waals surface area contributed by atoms with Crippen molar-refractivity contribution in [3.8, 4) is 17.5 Å². The lowest BCUT2D eigenvalue weighted by Gasteiger charge is -2.09. The van der Waals surface area contributed by atoms with E-state index in [-0.39, 0.29) is 28.4 Å². The molecule has 0 amide bonds. The molecule has 0 aliphatic carbocycles. The van der Waals surface area contributed by atoms with Gasteiger partial charge in [0.25, 0.3) is 0 Å². The normalized spacial score (nSPS) is 10.1. The summed E-state index contributed by atoms with van der Waals surface area (Å²) in [5.74, 6) is -1.82. The van der Waals surface area contributed by atoms with Crippen LogP contribution in [0.5, 0.6) is 5.75 Å². The van der Waals surface area contributed by atoms with Crippen LogP contribution in [0.3, 0.4) is 0 Å². The van der Waals surface area contributed by atoms with E-state index in [2.05, 4.69) is 4.74 Å². The van der Waals surface area contributed by atoms with E-state index < -0.39 is 11.8 Å². The highest BCUT2D eigenvalue weighted by Gasteiger charge is 2.23. The third kappa shape index (κ3) is 2.03. The molecule has 1 aromatic heterocycles. The zero-order valence-electron chi connectivity index (χ0n) is 10.4. The van der Waals surface area contributed by atoms with Gasteiger partial charge in [-0.1, -0.05) is 0 Å². The molecule has 7 heteroatoms. The van der Waals surface area contributed by atoms with Crippen molar-refractivity contribution in [2.75, 3.05) is 12.8 Å². The number of aromatic nitrogens is 1. The molecular weight excluding hydrogens is 265 g/mol. The summed E-state index contributed by atoms with van der Waals surface area (Å²) in [6.45, 7) is 0. The van der Waals surface area contributed by atoms with Crippen LogP contribution in [0, 0.1) is 17.1 Å². The molecule has 1 aromatic carbocycles. The average Bonchev–Trinajstić information content (AvgIpc) is 2.74. The van der Waals surface area contributed by atoms with Crippen LogP contribution in [0.25, 0.3) is 5.69 Å². The van der Waals surface area contributed by atoms with Crippen LogP contribution in [0.4, 0.5) is 10.1 Å². The number of phenols is 1.